The van der Waals surface area contributed by atoms with Gasteiger partial charge in [-0.3, -0.25) is 0 Å². The molecule has 0 radical (unpaired) electrons. The van der Waals surface area contributed by atoms with Crippen molar-refractivity contribution in [2.75, 3.05) is 29.5 Å². The van der Waals surface area contributed by atoms with Gasteiger partial charge in [0.15, 0.2) is 0 Å². The zero-order chi connectivity index (χ0) is 9.84. The van der Waals surface area contributed by atoms with E-state index in [1.54, 1.807) is 6.07 Å². The van der Waals surface area contributed by atoms with Crippen molar-refractivity contribution in [3.8, 4) is 0 Å². The summed E-state index contributed by atoms with van der Waals surface area (Å²) in [4.78, 5) is 2.20. The summed E-state index contributed by atoms with van der Waals surface area (Å²) in [5.41, 5.74) is 14.0. The molecule has 0 aromatic heterocycles. The van der Waals surface area contributed by atoms with Crippen LogP contribution in [-0.2, 0) is 0 Å². The molecule has 0 aliphatic carbocycles. The summed E-state index contributed by atoms with van der Waals surface area (Å²) >= 11 is 0. The van der Waals surface area contributed by atoms with Crippen LogP contribution in [0.4, 0.5) is 17.1 Å². The predicted molar refractivity (Wildman–Crippen MR) is 66.1 cm³/mol. The highest BCUT2D eigenvalue weighted by atomic mass is 35.5. The molecule has 0 spiro atoms. The molecule has 3 nitrogen and oxygen atoms in total. The summed E-state index contributed by atoms with van der Waals surface area (Å²) < 4.78 is 0. The van der Waals surface area contributed by atoms with Crippen LogP contribution in [0.5, 0.6) is 0 Å². The molecule has 0 unspecified atom stereocenters. The average Bonchev–Trinajstić information content (AvgIpc) is 2.10. The first-order valence-electron chi connectivity index (χ1n) is 4.59. The normalized spacial score (nSPS) is 9.29. The summed E-state index contributed by atoms with van der Waals surface area (Å²) in [5.74, 6) is 0. The van der Waals surface area contributed by atoms with E-state index in [4.69, 9.17) is 11.5 Å². The zero-order valence-electron chi connectivity index (χ0n) is 8.66. The molecule has 80 valence electrons. The Morgan fingerprint density at radius 3 is 2.14 bits per heavy atom. The number of hydrogen-bond acceptors (Lipinski definition) is 3. The van der Waals surface area contributed by atoms with Gasteiger partial charge in [0.25, 0.3) is 0 Å². The van der Waals surface area contributed by atoms with Crippen LogP contribution in [0.3, 0.4) is 0 Å². The summed E-state index contributed by atoms with van der Waals surface area (Å²) in [6, 6.07) is 5.65. The molecule has 0 amide bonds. The molecule has 0 atom stereocenters. The lowest BCUT2D eigenvalue weighted by molar-refractivity contribution is 0.868. The molecule has 14 heavy (non-hydrogen) atoms. The fourth-order valence-electron chi connectivity index (χ4n) is 1.43. The molecule has 1 aromatic rings. The first kappa shape index (κ1) is 12.9. The Kier molecular flexibility index (Phi) is 5.16. The van der Waals surface area contributed by atoms with E-state index in [1.165, 1.54) is 0 Å². The van der Waals surface area contributed by atoms with Gasteiger partial charge in [0, 0.05) is 18.8 Å². The van der Waals surface area contributed by atoms with Crippen molar-refractivity contribution in [3.05, 3.63) is 18.2 Å². The van der Waals surface area contributed by atoms with Crippen LogP contribution in [0.25, 0.3) is 0 Å². The van der Waals surface area contributed by atoms with Crippen molar-refractivity contribution >= 4 is 29.5 Å². The lowest BCUT2D eigenvalue weighted by atomic mass is 10.2. The van der Waals surface area contributed by atoms with Crippen LogP contribution in [0.2, 0.25) is 0 Å². The molecule has 1 aromatic carbocycles. The molecule has 0 aliphatic rings. The first-order chi connectivity index (χ1) is 6.19. The maximum atomic E-state index is 5.85. The van der Waals surface area contributed by atoms with Crippen molar-refractivity contribution in [2.45, 2.75) is 13.8 Å². The van der Waals surface area contributed by atoms with Gasteiger partial charge in [-0.1, -0.05) is 0 Å². The molecule has 0 fully saturated rings. The molecule has 0 saturated carbocycles. The van der Waals surface area contributed by atoms with E-state index in [0.29, 0.717) is 5.69 Å². The number of nitrogen functional groups attached to an aromatic ring is 2. The van der Waals surface area contributed by atoms with Crippen LogP contribution >= 0.6 is 12.4 Å². The van der Waals surface area contributed by atoms with Gasteiger partial charge >= 0.3 is 0 Å². The largest absolute Gasteiger partial charge is 0.399 e. The Balaban J connectivity index is 0.00000169. The van der Waals surface area contributed by atoms with Gasteiger partial charge in [-0.15, -0.1) is 12.4 Å². The number of halogens is 1. The lowest BCUT2D eigenvalue weighted by Crippen LogP contribution is -2.22. The third-order valence-electron chi connectivity index (χ3n) is 2.16. The Hall–Kier alpha value is -1.09. The van der Waals surface area contributed by atoms with Crippen molar-refractivity contribution in [1.29, 1.82) is 0 Å². The molecule has 4 heteroatoms. The third kappa shape index (κ3) is 2.70. The number of benzene rings is 1. The van der Waals surface area contributed by atoms with Crippen molar-refractivity contribution in [3.63, 3.8) is 0 Å². The van der Waals surface area contributed by atoms with E-state index in [-0.39, 0.29) is 12.4 Å². The van der Waals surface area contributed by atoms with Crippen LogP contribution < -0.4 is 16.4 Å². The number of hydrogen-bond donors (Lipinski definition) is 2. The van der Waals surface area contributed by atoms with Crippen LogP contribution in [0, 0.1) is 0 Å². The fraction of sp³-hybridized carbons (Fsp3) is 0.400. The minimum Gasteiger partial charge on any atom is -0.399 e. The first-order valence-corrected chi connectivity index (χ1v) is 4.59. The summed E-state index contributed by atoms with van der Waals surface area (Å²) in [6.07, 6.45) is 0. The monoisotopic (exact) mass is 215 g/mol. The van der Waals surface area contributed by atoms with Crippen molar-refractivity contribution < 1.29 is 0 Å². The molecular weight excluding hydrogens is 198 g/mol. The second kappa shape index (κ2) is 5.60. The zero-order valence-corrected chi connectivity index (χ0v) is 9.47. The second-order valence-corrected chi connectivity index (χ2v) is 2.99. The molecule has 0 aliphatic heterocycles. The Labute approximate surface area is 91.5 Å². The van der Waals surface area contributed by atoms with Gasteiger partial charge in [-0.05, 0) is 32.0 Å². The number of nitrogens with two attached hydrogens (primary N) is 2. The standard InChI is InChI=1S/C10H17N3.ClH/c1-3-13(4-2)10-6-5-8(11)7-9(10)12;/h5-7H,3-4,11-12H2,1-2H3;1H. The molecule has 0 saturated heterocycles. The maximum absolute atomic E-state index is 5.85. The van der Waals surface area contributed by atoms with E-state index in [0.717, 1.165) is 24.5 Å². The van der Waals surface area contributed by atoms with Gasteiger partial charge in [0.2, 0.25) is 0 Å². The van der Waals surface area contributed by atoms with Gasteiger partial charge in [0.05, 0.1) is 11.4 Å². The highest BCUT2D eigenvalue weighted by Crippen LogP contribution is 2.24. The van der Waals surface area contributed by atoms with E-state index in [1.807, 2.05) is 12.1 Å². The number of nitrogens with zero attached hydrogens (tertiary/aromatic N) is 1. The highest BCUT2D eigenvalue weighted by molar-refractivity contribution is 5.85. The predicted octanol–water partition coefficient (Wildman–Crippen LogP) is 2.12. The van der Waals surface area contributed by atoms with Crippen LogP contribution in [-0.4, -0.2) is 13.1 Å². The van der Waals surface area contributed by atoms with Crippen LogP contribution in [0.1, 0.15) is 13.8 Å². The summed E-state index contributed by atoms with van der Waals surface area (Å²) in [5, 5.41) is 0. The quantitative estimate of drug-likeness (QED) is 0.760. The topological polar surface area (TPSA) is 55.3 Å². The third-order valence-corrected chi connectivity index (χ3v) is 2.16. The smallest absolute Gasteiger partial charge is 0.0601 e. The van der Waals surface area contributed by atoms with Crippen LogP contribution in [0.15, 0.2) is 18.2 Å². The molecular formula is C10H18ClN3. The Morgan fingerprint density at radius 1 is 1.14 bits per heavy atom. The number of rotatable bonds is 3. The molecule has 4 N–H and O–H groups in total. The highest BCUT2D eigenvalue weighted by Gasteiger charge is 2.05. The van der Waals surface area contributed by atoms with Crippen molar-refractivity contribution in [1.82, 2.24) is 0 Å². The summed E-state index contributed by atoms with van der Waals surface area (Å²) in [6.45, 7) is 6.15. The molecule has 0 heterocycles. The maximum Gasteiger partial charge on any atom is 0.0601 e. The summed E-state index contributed by atoms with van der Waals surface area (Å²) in [7, 11) is 0. The van der Waals surface area contributed by atoms with Crippen molar-refractivity contribution in [2.24, 2.45) is 0 Å². The lowest BCUT2D eigenvalue weighted by Gasteiger charge is -2.22. The van der Waals surface area contributed by atoms with Gasteiger partial charge in [-0.2, -0.15) is 0 Å². The minimum atomic E-state index is 0. The van der Waals surface area contributed by atoms with E-state index >= 15 is 0 Å². The SMILES string of the molecule is CCN(CC)c1ccc(N)cc1N.Cl. The molecule has 1 rings (SSSR count). The molecule has 0 bridgehead atoms. The van der Waals surface area contributed by atoms with E-state index < -0.39 is 0 Å². The number of anilines is 3. The Bertz CT molecular complexity index is 285. The Morgan fingerprint density at radius 2 is 1.71 bits per heavy atom. The van der Waals surface area contributed by atoms with E-state index in [9.17, 15) is 0 Å². The minimum absolute atomic E-state index is 0. The fourth-order valence-corrected chi connectivity index (χ4v) is 1.43. The van der Waals surface area contributed by atoms with Gasteiger partial charge in [-0.25, -0.2) is 0 Å². The second-order valence-electron chi connectivity index (χ2n) is 2.99. The van der Waals surface area contributed by atoms with Gasteiger partial charge in [0.1, 0.15) is 0 Å². The average molecular weight is 216 g/mol. The van der Waals surface area contributed by atoms with E-state index in [2.05, 4.69) is 18.7 Å². The van der Waals surface area contributed by atoms with Gasteiger partial charge < -0.3 is 16.4 Å².